The maximum Gasteiger partial charge on any atom is 0.319 e. The van der Waals surface area contributed by atoms with Gasteiger partial charge < -0.3 is 20.3 Å². The topological polar surface area (TPSA) is 101 Å². The number of amides is 3. The first-order chi connectivity index (χ1) is 18.7. The number of halogens is 3. The van der Waals surface area contributed by atoms with Crippen LogP contribution < -0.4 is 20.3 Å². The smallest absolute Gasteiger partial charge is 0.319 e. The molecule has 0 radical (unpaired) electrons. The van der Waals surface area contributed by atoms with Gasteiger partial charge in [-0.1, -0.05) is 47.5 Å². The maximum atomic E-state index is 13.2. The van der Waals surface area contributed by atoms with E-state index < -0.39 is 6.03 Å². The van der Waals surface area contributed by atoms with Crippen molar-refractivity contribution in [2.24, 2.45) is 0 Å². The number of nitrogens with zero attached hydrogens (tertiary/aromatic N) is 2. The van der Waals surface area contributed by atoms with Crippen LogP contribution >= 0.6 is 35.6 Å². The van der Waals surface area contributed by atoms with Crippen LogP contribution in [-0.4, -0.2) is 36.3 Å². The molecule has 0 saturated carbocycles. The lowest BCUT2D eigenvalue weighted by Crippen LogP contribution is -2.40. The Kier molecular flexibility index (Phi) is 10.3. The average Bonchev–Trinajstić information content (AvgIpc) is 2.91. The minimum atomic E-state index is -0.562. The summed E-state index contributed by atoms with van der Waals surface area (Å²) in [5.74, 6) is -0.0548. The van der Waals surface area contributed by atoms with Gasteiger partial charge in [-0.25, -0.2) is 9.78 Å². The molecule has 1 heterocycles. The number of pyridine rings is 1. The summed E-state index contributed by atoms with van der Waals surface area (Å²) in [4.78, 5) is 43.2. The first-order valence-electron chi connectivity index (χ1n) is 12.0. The van der Waals surface area contributed by atoms with Gasteiger partial charge in [-0.2, -0.15) is 0 Å². The van der Waals surface area contributed by atoms with E-state index in [4.69, 9.17) is 27.9 Å². The Bertz CT molecular complexity index is 1540. The number of aryl methyl sites for hydroxylation is 1. The largest absolute Gasteiger partial charge is 0.485 e. The van der Waals surface area contributed by atoms with Gasteiger partial charge in [0.1, 0.15) is 6.61 Å². The monoisotopic (exact) mass is 600 g/mol. The van der Waals surface area contributed by atoms with Gasteiger partial charge in [-0.05, 0) is 56.3 Å². The Morgan fingerprint density at radius 2 is 1.60 bits per heavy atom. The van der Waals surface area contributed by atoms with Crippen LogP contribution in [-0.2, 0) is 11.4 Å². The third-order valence-electron chi connectivity index (χ3n) is 6.07. The zero-order chi connectivity index (χ0) is 28.1. The van der Waals surface area contributed by atoms with Crippen LogP contribution in [0.25, 0.3) is 10.9 Å². The first kappa shape index (κ1) is 30.7. The molecular formula is C29H27Cl3N4O4. The van der Waals surface area contributed by atoms with Crippen molar-refractivity contribution in [1.82, 2.24) is 10.3 Å². The fourth-order valence-corrected chi connectivity index (χ4v) is 4.49. The number of hydrogen-bond donors (Lipinski definition) is 2. The highest BCUT2D eigenvalue weighted by atomic mass is 35.5. The molecule has 0 bridgehead atoms. The highest BCUT2D eigenvalue weighted by molar-refractivity contribution is 6.36. The van der Waals surface area contributed by atoms with Crippen molar-refractivity contribution >= 4 is 75.6 Å². The van der Waals surface area contributed by atoms with Gasteiger partial charge in [-0.3, -0.25) is 9.59 Å². The molecule has 0 fully saturated rings. The molecule has 4 rings (SSSR count). The minimum absolute atomic E-state index is 0. The van der Waals surface area contributed by atoms with Crippen molar-refractivity contribution in [3.8, 4) is 5.75 Å². The summed E-state index contributed by atoms with van der Waals surface area (Å²) in [7, 11) is 1.61. The summed E-state index contributed by atoms with van der Waals surface area (Å²) in [6, 6.07) is 18.5. The van der Waals surface area contributed by atoms with E-state index in [1.54, 1.807) is 56.4 Å². The molecule has 3 amide bonds. The Labute approximate surface area is 248 Å². The Morgan fingerprint density at radius 3 is 2.25 bits per heavy atom. The highest BCUT2D eigenvalue weighted by Gasteiger charge is 2.23. The first-order valence-corrected chi connectivity index (χ1v) is 12.8. The zero-order valence-electron chi connectivity index (χ0n) is 22.0. The van der Waals surface area contributed by atoms with Gasteiger partial charge in [0.15, 0.2) is 11.5 Å². The van der Waals surface area contributed by atoms with Crippen LogP contribution in [0.1, 0.15) is 28.5 Å². The van der Waals surface area contributed by atoms with Crippen LogP contribution in [0.5, 0.6) is 5.75 Å². The molecule has 11 heteroatoms. The molecule has 0 saturated heterocycles. The normalized spacial score (nSPS) is 10.4. The predicted octanol–water partition coefficient (Wildman–Crippen LogP) is 6.84. The van der Waals surface area contributed by atoms with E-state index in [9.17, 15) is 14.4 Å². The molecule has 0 aliphatic heterocycles. The second-order valence-electron chi connectivity index (χ2n) is 8.77. The molecule has 0 spiro atoms. The number of carbonyl (C=O) groups is 3. The van der Waals surface area contributed by atoms with Gasteiger partial charge in [-0.15, -0.1) is 12.4 Å². The number of anilines is 2. The van der Waals surface area contributed by atoms with E-state index in [-0.39, 0.29) is 37.2 Å². The molecule has 2 N–H and O–H groups in total. The Hall–Kier alpha value is -3.85. The number of fused-ring (bicyclic) bond motifs is 1. The number of likely N-dealkylation sites (N-methyl/N-ethyl adjacent to an activating group) is 1. The fraction of sp³-hybridized carbons (Fsp3) is 0.172. The van der Waals surface area contributed by atoms with Gasteiger partial charge in [0.05, 0.1) is 23.4 Å². The molecule has 8 nitrogen and oxygen atoms in total. The van der Waals surface area contributed by atoms with Crippen molar-refractivity contribution in [1.29, 1.82) is 0 Å². The molecule has 1 aromatic heterocycles. The van der Waals surface area contributed by atoms with Crippen LogP contribution in [0.15, 0.2) is 66.7 Å². The minimum Gasteiger partial charge on any atom is -0.485 e. The number of nitrogens with one attached hydrogen (secondary N) is 2. The SMILES string of the molecule is CC(=O)c1ccc(NC(=O)NCC(=O)N(C)c2c(OCc3c(Cl)cccc3Cl)c(C)nc3ccccc23)cc1.Cl. The van der Waals surface area contributed by atoms with Crippen molar-refractivity contribution in [3.05, 3.63) is 93.6 Å². The van der Waals surface area contributed by atoms with E-state index in [0.29, 0.717) is 54.9 Å². The highest BCUT2D eigenvalue weighted by Crippen LogP contribution is 2.38. The molecule has 3 aromatic carbocycles. The number of para-hydroxylation sites is 1. The number of ketones is 1. The van der Waals surface area contributed by atoms with E-state index in [0.717, 1.165) is 0 Å². The van der Waals surface area contributed by atoms with E-state index >= 15 is 0 Å². The number of aromatic nitrogens is 1. The molecule has 4 aromatic rings. The third-order valence-corrected chi connectivity index (χ3v) is 6.78. The lowest BCUT2D eigenvalue weighted by molar-refractivity contribution is -0.117. The number of urea groups is 1. The number of ether oxygens (including phenoxy) is 1. The molecule has 208 valence electrons. The van der Waals surface area contributed by atoms with Gasteiger partial charge >= 0.3 is 6.03 Å². The fourth-order valence-electron chi connectivity index (χ4n) is 3.98. The van der Waals surface area contributed by atoms with Crippen molar-refractivity contribution in [2.45, 2.75) is 20.5 Å². The van der Waals surface area contributed by atoms with Crippen LogP contribution in [0, 0.1) is 6.92 Å². The molecule has 0 aliphatic carbocycles. The molecule has 0 aliphatic rings. The Balaban J connectivity index is 0.00000441. The van der Waals surface area contributed by atoms with Crippen LogP contribution in [0.2, 0.25) is 10.0 Å². The molecule has 0 atom stereocenters. The third kappa shape index (κ3) is 7.01. The molecule has 40 heavy (non-hydrogen) atoms. The summed E-state index contributed by atoms with van der Waals surface area (Å²) in [5.41, 5.74) is 3.41. The molecule has 0 unspecified atom stereocenters. The van der Waals surface area contributed by atoms with Crippen molar-refractivity contribution in [3.63, 3.8) is 0 Å². The van der Waals surface area contributed by atoms with E-state index in [1.807, 2.05) is 24.3 Å². The van der Waals surface area contributed by atoms with Gasteiger partial charge in [0, 0.05) is 39.3 Å². The summed E-state index contributed by atoms with van der Waals surface area (Å²) < 4.78 is 6.18. The summed E-state index contributed by atoms with van der Waals surface area (Å²) in [5, 5.41) is 6.85. The van der Waals surface area contributed by atoms with Crippen molar-refractivity contribution < 1.29 is 19.1 Å². The van der Waals surface area contributed by atoms with Gasteiger partial charge in [0.25, 0.3) is 0 Å². The van der Waals surface area contributed by atoms with Crippen LogP contribution in [0.3, 0.4) is 0 Å². The number of hydrogen-bond acceptors (Lipinski definition) is 5. The van der Waals surface area contributed by atoms with Crippen LogP contribution in [0.4, 0.5) is 16.2 Å². The number of Topliss-reactive ketones (excluding diaryl/α,β-unsaturated/α-hetero) is 1. The predicted molar refractivity (Wildman–Crippen MR) is 161 cm³/mol. The van der Waals surface area contributed by atoms with E-state index in [2.05, 4.69) is 15.6 Å². The lowest BCUT2D eigenvalue weighted by atomic mass is 10.1. The van der Waals surface area contributed by atoms with E-state index in [1.165, 1.54) is 11.8 Å². The maximum absolute atomic E-state index is 13.2. The average molecular weight is 602 g/mol. The summed E-state index contributed by atoms with van der Waals surface area (Å²) in [6.45, 7) is 3.05. The number of carbonyl (C=O) groups excluding carboxylic acids is 3. The van der Waals surface area contributed by atoms with Gasteiger partial charge in [0.2, 0.25) is 5.91 Å². The van der Waals surface area contributed by atoms with Crippen molar-refractivity contribution in [2.75, 3.05) is 23.8 Å². The zero-order valence-corrected chi connectivity index (χ0v) is 24.3. The standard InChI is InChI=1S/C29H26Cl2N4O4.ClH/c1-17-28(39-16-22-23(30)8-6-9-24(22)31)27(21-7-4-5-10-25(21)33-17)35(3)26(37)15-32-29(38)34-20-13-11-19(12-14-20)18(2)36;/h4-14H,15-16H2,1-3H3,(H2,32,34,38);1H. The number of rotatable bonds is 8. The summed E-state index contributed by atoms with van der Waals surface area (Å²) in [6.07, 6.45) is 0. The summed E-state index contributed by atoms with van der Waals surface area (Å²) >= 11 is 12.7. The Morgan fingerprint density at radius 1 is 0.950 bits per heavy atom. The quantitative estimate of drug-likeness (QED) is 0.216. The molecular weight excluding hydrogens is 575 g/mol. The lowest BCUT2D eigenvalue weighted by Gasteiger charge is -2.24. The second kappa shape index (κ2) is 13.5. The number of benzene rings is 3. The second-order valence-corrected chi connectivity index (χ2v) is 9.59.